The number of hydrogen-bond donors (Lipinski definition) is 1. The Hall–Kier alpha value is -0.770. The third-order valence-electron chi connectivity index (χ3n) is 2.42. The SMILES string of the molecule is CC(C)(C)OC(=O)NC1CCOC(C)(C)C1. The molecule has 1 N–H and O–H groups in total. The van der Waals surface area contributed by atoms with Gasteiger partial charge in [-0.2, -0.15) is 0 Å². The van der Waals surface area contributed by atoms with Crippen LogP contribution in [-0.4, -0.2) is 29.9 Å². The maximum atomic E-state index is 11.6. The molecule has 1 amide bonds. The predicted molar refractivity (Wildman–Crippen MR) is 62.4 cm³/mol. The number of carbonyl (C=O) groups is 1. The first kappa shape index (κ1) is 13.3. The Morgan fingerprint density at radius 3 is 2.56 bits per heavy atom. The van der Waals surface area contributed by atoms with Crippen LogP contribution >= 0.6 is 0 Å². The first-order chi connectivity index (χ1) is 7.18. The van der Waals surface area contributed by atoms with Crippen molar-refractivity contribution < 1.29 is 14.3 Å². The van der Waals surface area contributed by atoms with Gasteiger partial charge in [-0.1, -0.05) is 0 Å². The summed E-state index contributed by atoms with van der Waals surface area (Å²) in [6.07, 6.45) is 1.34. The van der Waals surface area contributed by atoms with E-state index in [0.717, 1.165) is 12.8 Å². The van der Waals surface area contributed by atoms with Crippen molar-refractivity contribution in [1.82, 2.24) is 5.32 Å². The number of nitrogens with one attached hydrogen (secondary N) is 1. The fourth-order valence-electron chi connectivity index (χ4n) is 1.83. The van der Waals surface area contributed by atoms with Gasteiger partial charge in [0.1, 0.15) is 5.60 Å². The number of rotatable bonds is 1. The summed E-state index contributed by atoms with van der Waals surface area (Å²) in [7, 11) is 0. The number of hydrogen-bond acceptors (Lipinski definition) is 3. The van der Waals surface area contributed by atoms with E-state index in [0.29, 0.717) is 6.61 Å². The van der Waals surface area contributed by atoms with Crippen LogP contribution in [0.2, 0.25) is 0 Å². The van der Waals surface area contributed by atoms with Gasteiger partial charge in [0.05, 0.1) is 5.60 Å². The van der Waals surface area contributed by atoms with E-state index in [4.69, 9.17) is 9.47 Å². The Kier molecular flexibility index (Phi) is 3.84. The second-order valence-corrected chi connectivity index (χ2v) is 5.94. The van der Waals surface area contributed by atoms with Crippen LogP contribution in [0.15, 0.2) is 0 Å². The molecule has 0 saturated carbocycles. The second-order valence-electron chi connectivity index (χ2n) is 5.94. The molecule has 1 unspecified atom stereocenters. The minimum absolute atomic E-state index is 0.151. The van der Waals surface area contributed by atoms with Crippen LogP contribution in [0.25, 0.3) is 0 Å². The van der Waals surface area contributed by atoms with Crippen molar-refractivity contribution >= 4 is 6.09 Å². The van der Waals surface area contributed by atoms with Crippen molar-refractivity contribution in [1.29, 1.82) is 0 Å². The molecule has 4 heteroatoms. The Labute approximate surface area is 97.7 Å². The summed E-state index contributed by atoms with van der Waals surface area (Å²) in [6.45, 7) is 10.3. The number of carbonyl (C=O) groups excluding carboxylic acids is 1. The molecule has 0 radical (unpaired) electrons. The molecule has 0 bridgehead atoms. The summed E-state index contributed by atoms with van der Waals surface area (Å²) in [6, 6.07) is 0.151. The van der Waals surface area contributed by atoms with Gasteiger partial charge in [-0.15, -0.1) is 0 Å². The molecule has 1 saturated heterocycles. The molecule has 94 valence electrons. The molecule has 4 nitrogen and oxygen atoms in total. The highest BCUT2D eigenvalue weighted by Gasteiger charge is 2.30. The van der Waals surface area contributed by atoms with Gasteiger partial charge in [-0.25, -0.2) is 4.79 Å². The van der Waals surface area contributed by atoms with Crippen molar-refractivity contribution in [3.05, 3.63) is 0 Å². The molecular formula is C12H23NO3. The molecule has 0 aliphatic carbocycles. The van der Waals surface area contributed by atoms with Gasteiger partial charge in [0.2, 0.25) is 0 Å². The zero-order valence-corrected chi connectivity index (χ0v) is 10.9. The van der Waals surface area contributed by atoms with E-state index in [1.165, 1.54) is 0 Å². The highest BCUT2D eigenvalue weighted by Crippen LogP contribution is 2.24. The summed E-state index contributed by atoms with van der Waals surface area (Å²) in [5.41, 5.74) is -0.595. The van der Waals surface area contributed by atoms with Crippen LogP contribution in [0.4, 0.5) is 4.79 Å². The molecule has 0 aromatic heterocycles. The average molecular weight is 229 g/mol. The molecule has 0 aromatic rings. The van der Waals surface area contributed by atoms with Crippen molar-refractivity contribution in [2.75, 3.05) is 6.61 Å². The average Bonchev–Trinajstić information content (AvgIpc) is 1.96. The van der Waals surface area contributed by atoms with Crippen LogP contribution in [0.3, 0.4) is 0 Å². The third kappa shape index (κ3) is 4.84. The number of alkyl carbamates (subject to hydrolysis) is 1. The van der Waals surface area contributed by atoms with E-state index in [2.05, 4.69) is 5.32 Å². The van der Waals surface area contributed by atoms with Crippen LogP contribution < -0.4 is 5.32 Å². The zero-order chi connectivity index (χ0) is 12.4. The summed E-state index contributed by atoms with van der Waals surface area (Å²) in [5, 5.41) is 2.89. The van der Waals surface area contributed by atoms with Gasteiger partial charge < -0.3 is 14.8 Å². The number of ether oxygens (including phenoxy) is 2. The zero-order valence-electron chi connectivity index (χ0n) is 10.9. The standard InChI is InChI=1S/C12H23NO3/c1-11(2,3)16-10(14)13-9-6-7-15-12(4,5)8-9/h9H,6-8H2,1-5H3,(H,13,14). The van der Waals surface area contributed by atoms with E-state index < -0.39 is 5.60 Å². The first-order valence-electron chi connectivity index (χ1n) is 5.81. The monoisotopic (exact) mass is 229 g/mol. The molecule has 1 atom stereocenters. The molecule has 1 rings (SSSR count). The second kappa shape index (κ2) is 4.62. The van der Waals surface area contributed by atoms with E-state index in [1.807, 2.05) is 34.6 Å². The Morgan fingerprint density at radius 2 is 2.06 bits per heavy atom. The highest BCUT2D eigenvalue weighted by atomic mass is 16.6. The minimum Gasteiger partial charge on any atom is -0.444 e. The van der Waals surface area contributed by atoms with Gasteiger partial charge in [0, 0.05) is 12.6 Å². The van der Waals surface area contributed by atoms with Crippen molar-refractivity contribution in [2.45, 2.75) is 64.7 Å². The molecule has 1 fully saturated rings. The number of amides is 1. The van der Waals surface area contributed by atoms with Crippen LogP contribution in [0.1, 0.15) is 47.5 Å². The van der Waals surface area contributed by atoms with Crippen LogP contribution in [0.5, 0.6) is 0 Å². The van der Waals surface area contributed by atoms with E-state index in [1.54, 1.807) is 0 Å². The highest BCUT2D eigenvalue weighted by molar-refractivity contribution is 5.68. The van der Waals surface area contributed by atoms with Gasteiger partial charge in [-0.3, -0.25) is 0 Å². The third-order valence-corrected chi connectivity index (χ3v) is 2.42. The van der Waals surface area contributed by atoms with E-state index in [9.17, 15) is 4.79 Å². The molecular weight excluding hydrogens is 206 g/mol. The first-order valence-corrected chi connectivity index (χ1v) is 5.81. The van der Waals surface area contributed by atoms with Gasteiger partial charge in [0.25, 0.3) is 0 Å². The topological polar surface area (TPSA) is 47.6 Å². The Balaban J connectivity index is 2.40. The molecule has 1 heterocycles. The predicted octanol–water partition coefficient (Wildman–Crippen LogP) is 2.47. The molecule has 0 aromatic carbocycles. The van der Waals surface area contributed by atoms with Gasteiger partial charge in [0.15, 0.2) is 0 Å². The summed E-state index contributed by atoms with van der Waals surface area (Å²) >= 11 is 0. The minimum atomic E-state index is -0.440. The fraction of sp³-hybridized carbons (Fsp3) is 0.917. The van der Waals surface area contributed by atoms with Crippen LogP contribution in [0, 0.1) is 0 Å². The van der Waals surface area contributed by atoms with Crippen molar-refractivity contribution in [3.8, 4) is 0 Å². The van der Waals surface area contributed by atoms with E-state index >= 15 is 0 Å². The smallest absolute Gasteiger partial charge is 0.407 e. The molecule has 0 spiro atoms. The van der Waals surface area contributed by atoms with Crippen LogP contribution in [-0.2, 0) is 9.47 Å². The normalized spacial score (nSPS) is 24.9. The summed E-state index contributed by atoms with van der Waals surface area (Å²) < 4.78 is 10.8. The quantitative estimate of drug-likeness (QED) is 0.751. The summed E-state index contributed by atoms with van der Waals surface area (Å²) in [4.78, 5) is 11.6. The summed E-state index contributed by atoms with van der Waals surface area (Å²) in [5.74, 6) is 0. The molecule has 1 aliphatic rings. The Bertz CT molecular complexity index is 255. The maximum absolute atomic E-state index is 11.6. The van der Waals surface area contributed by atoms with Crippen molar-refractivity contribution in [2.24, 2.45) is 0 Å². The Morgan fingerprint density at radius 1 is 1.44 bits per heavy atom. The lowest BCUT2D eigenvalue weighted by Crippen LogP contribution is -2.47. The maximum Gasteiger partial charge on any atom is 0.407 e. The molecule has 1 aliphatic heterocycles. The van der Waals surface area contributed by atoms with E-state index in [-0.39, 0.29) is 17.7 Å². The van der Waals surface area contributed by atoms with Gasteiger partial charge >= 0.3 is 6.09 Å². The largest absolute Gasteiger partial charge is 0.444 e. The lowest BCUT2D eigenvalue weighted by molar-refractivity contribution is -0.0632. The van der Waals surface area contributed by atoms with Gasteiger partial charge in [-0.05, 0) is 47.5 Å². The lowest BCUT2D eigenvalue weighted by Gasteiger charge is -2.36. The fourth-order valence-corrected chi connectivity index (χ4v) is 1.83. The molecule has 16 heavy (non-hydrogen) atoms. The lowest BCUT2D eigenvalue weighted by atomic mass is 9.94. The van der Waals surface area contributed by atoms with Crippen molar-refractivity contribution in [3.63, 3.8) is 0 Å².